The summed E-state index contributed by atoms with van der Waals surface area (Å²) in [6.07, 6.45) is 8.76. The van der Waals surface area contributed by atoms with E-state index in [1.807, 2.05) is 6.07 Å². The Morgan fingerprint density at radius 3 is 2.74 bits per heavy atom. The minimum atomic E-state index is -4.63. The average molecular weight is 785 g/mol. The zero-order valence-electron chi connectivity index (χ0n) is 31.4. The van der Waals surface area contributed by atoms with Crippen molar-refractivity contribution in [3.8, 4) is 35.4 Å². The molecule has 296 valence electrons. The van der Waals surface area contributed by atoms with Gasteiger partial charge in [0.25, 0.3) is 0 Å². The molecule has 3 saturated heterocycles. The largest absolute Gasteiger partial charge is 0.490 e. The fourth-order valence-electron chi connectivity index (χ4n) is 9.44. The number of rotatable bonds is 8. The fraction of sp³-hybridized carbons (Fsp3) is 0.452. The molecule has 15 heteroatoms. The van der Waals surface area contributed by atoms with Crippen molar-refractivity contribution in [1.29, 1.82) is 0 Å². The first kappa shape index (κ1) is 37.4. The first-order chi connectivity index (χ1) is 27.6. The summed E-state index contributed by atoms with van der Waals surface area (Å²) in [5.74, 6) is 1.82. The highest BCUT2D eigenvalue weighted by Gasteiger charge is 2.50. The van der Waals surface area contributed by atoms with Gasteiger partial charge in [-0.1, -0.05) is 37.1 Å². The maximum Gasteiger partial charge on any atom is 0.435 e. The minimum Gasteiger partial charge on any atom is -0.490 e. The van der Waals surface area contributed by atoms with E-state index in [-0.39, 0.29) is 65.4 Å². The lowest BCUT2D eigenvalue weighted by Gasteiger charge is -2.42. The van der Waals surface area contributed by atoms with Gasteiger partial charge in [0, 0.05) is 48.2 Å². The molecule has 0 unspecified atom stereocenters. The molecular formula is C42H41F5N8O2. The summed E-state index contributed by atoms with van der Waals surface area (Å²) in [5, 5.41) is 11.9. The summed E-state index contributed by atoms with van der Waals surface area (Å²) >= 11 is 0. The van der Waals surface area contributed by atoms with Crippen LogP contribution in [-0.4, -0.2) is 86.6 Å². The average Bonchev–Trinajstić information content (AvgIpc) is 3.78. The first-order valence-electron chi connectivity index (χ1n) is 19.6. The topological polar surface area (TPSA) is 101 Å². The van der Waals surface area contributed by atoms with Crippen molar-refractivity contribution in [3.63, 3.8) is 0 Å². The number of nitrogens with one attached hydrogen (secondary N) is 1. The van der Waals surface area contributed by atoms with Crippen molar-refractivity contribution in [2.45, 2.75) is 88.1 Å². The molecular weight excluding hydrogens is 744 g/mol. The normalized spacial score (nSPS) is 23.5. The predicted molar refractivity (Wildman–Crippen MR) is 204 cm³/mol. The van der Waals surface area contributed by atoms with E-state index >= 15 is 8.78 Å². The van der Waals surface area contributed by atoms with E-state index in [4.69, 9.17) is 30.8 Å². The van der Waals surface area contributed by atoms with Crippen LogP contribution in [0.4, 0.5) is 27.8 Å². The van der Waals surface area contributed by atoms with Crippen LogP contribution in [-0.2, 0) is 12.6 Å². The number of ether oxygens (including phenoxy) is 2. The van der Waals surface area contributed by atoms with Gasteiger partial charge in [-0.2, -0.15) is 28.2 Å². The Balaban J connectivity index is 1.09. The fourth-order valence-corrected chi connectivity index (χ4v) is 9.44. The van der Waals surface area contributed by atoms with Crippen LogP contribution in [0.5, 0.6) is 11.8 Å². The highest BCUT2D eigenvalue weighted by molar-refractivity contribution is 6.02. The monoisotopic (exact) mass is 784 g/mol. The van der Waals surface area contributed by atoms with Crippen LogP contribution >= 0.6 is 0 Å². The van der Waals surface area contributed by atoms with Crippen LogP contribution in [0.15, 0.2) is 42.6 Å². The lowest BCUT2D eigenvalue weighted by molar-refractivity contribution is -0.141. The van der Waals surface area contributed by atoms with Crippen molar-refractivity contribution in [1.82, 2.24) is 35.4 Å². The maximum absolute atomic E-state index is 17.4. The molecule has 5 aromatic rings. The van der Waals surface area contributed by atoms with Crippen molar-refractivity contribution in [3.05, 3.63) is 71.2 Å². The molecule has 3 fully saturated rings. The Hall–Kier alpha value is -5.20. The Labute approximate surface area is 326 Å². The first-order valence-corrected chi connectivity index (χ1v) is 19.6. The van der Waals surface area contributed by atoms with Gasteiger partial charge >= 0.3 is 12.2 Å². The second-order valence-electron chi connectivity index (χ2n) is 15.5. The Kier molecular flexibility index (Phi) is 9.59. The molecule has 0 amide bonds. The van der Waals surface area contributed by atoms with Gasteiger partial charge < -0.3 is 19.7 Å². The number of piperazine rings is 1. The van der Waals surface area contributed by atoms with E-state index in [9.17, 15) is 13.2 Å². The zero-order valence-corrected chi connectivity index (χ0v) is 31.4. The highest BCUT2D eigenvalue weighted by Crippen LogP contribution is 2.44. The summed E-state index contributed by atoms with van der Waals surface area (Å²) in [5.41, 5.74) is -0.294. The Morgan fingerprint density at radius 1 is 1.04 bits per heavy atom. The van der Waals surface area contributed by atoms with Gasteiger partial charge in [0.1, 0.15) is 41.8 Å². The lowest BCUT2D eigenvalue weighted by atomic mass is 9.94. The van der Waals surface area contributed by atoms with E-state index in [1.54, 1.807) is 18.2 Å². The van der Waals surface area contributed by atoms with Crippen molar-refractivity contribution < 1.29 is 31.4 Å². The summed E-state index contributed by atoms with van der Waals surface area (Å²) in [6, 6.07) is 9.40. The number of halogens is 5. The molecule has 4 atom stereocenters. The molecule has 0 spiro atoms. The maximum atomic E-state index is 17.4. The Morgan fingerprint density at radius 2 is 1.91 bits per heavy atom. The molecule has 4 aliphatic rings. The van der Waals surface area contributed by atoms with Gasteiger partial charge in [-0.25, -0.2) is 13.8 Å². The second kappa shape index (κ2) is 14.6. The van der Waals surface area contributed by atoms with E-state index < -0.39 is 23.5 Å². The van der Waals surface area contributed by atoms with Gasteiger partial charge in [0.15, 0.2) is 11.5 Å². The molecule has 10 nitrogen and oxygen atoms in total. The third kappa shape index (κ3) is 6.66. The number of anilines is 1. The van der Waals surface area contributed by atoms with Gasteiger partial charge in [-0.15, -0.1) is 11.5 Å². The number of pyridine rings is 1. The minimum absolute atomic E-state index is 0.00598. The van der Waals surface area contributed by atoms with Crippen LogP contribution in [0.2, 0.25) is 0 Å². The van der Waals surface area contributed by atoms with Gasteiger partial charge in [-0.3, -0.25) is 4.90 Å². The SMILES string of the molecule is C#Cc1c(F)ccc2cccc(-c3nc4c5c(nc(OC[C@@]67CCCN6[C@H](COc6cnnc(C(F)(F)F)c6)CC7)nc5c3F)N3C[C@@H](CC)NC[C@H]3CCC4)c12. The number of benzene rings is 2. The molecule has 57 heavy (non-hydrogen) atoms. The molecule has 2 aromatic carbocycles. The third-order valence-corrected chi connectivity index (χ3v) is 12.3. The van der Waals surface area contributed by atoms with Crippen molar-refractivity contribution in [2.24, 2.45) is 0 Å². The smallest absolute Gasteiger partial charge is 0.435 e. The summed E-state index contributed by atoms with van der Waals surface area (Å²) in [7, 11) is 0. The molecule has 0 saturated carbocycles. The van der Waals surface area contributed by atoms with Crippen LogP contribution < -0.4 is 19.7 Å². The molecule has 0 bridgehead atoms. The number of aromatic nitrogens is 5. The van der Waals surface area contributed by atoms with Crippen molar-refractivity contribution >= 4 is 27.5 Å². The molecule has 4 aliphatic heterocycles. The van der Waals surface area contributed by atoms with Gasteiger partial charge in [0.2, 0.25) is 0 Å². The van der Waals surface area contributed by atoms with E-state index in [1.165, 1.54) is 12.3 Å². The van der Waals surface area contributed by atoms with Crippen molar-refractivity contribution in [2.75, 3.05) is 37.7 Å². The summed E-state index contributed by atoms with van der Waals surface area (Å²) in [6.45, 7) is 4.73. The number of fused-ring (bicyclic) bond motifs is 4. The zero-order chi connectivity index (χ0) is 39.5. The van der Waals surface area contributed by atoms with Crippen LogP contribution in [0.25, 0.3) is 32.9 Å². The third-order valence-electron chi connectivity index (χ3n) is 12.3. The summed E-state index contributed by atoms with van der Waals surface area (Å²) < 4.78 is 84.6. The van der Waals surface area contributed by atoms with E-state index in [2.05, 4.69) is 38.2 Å². The van der Waals surface area contributed by atoms with Gasteiger partial charge in [-0.05, 0) is 69.4 Å². The number of hydrogen-bond acceptors (Lipinski definition) is 10. The second-order valence-corrected chi connectivity index (χ2v) is 15.5. The van der Waals surface area contributed by atoms with Gasteiger partial charge in [0.05, 0.1) is 28.4 Å². The standard InChI is InChI=1S/C42H41F5N8O2/c1-3-25-21-54-26(19-48-25)9-6-11-32-35-38(36(44)37(50-32)30-10-5-8-24-12-13-31(43)29(4-2)34(24)30)51-40(52-39(35)54)57-23-41-15-7-17-55(41)27(14-16-41)22-56-28-18-33(42(45,46)47)53-49-20-28/h2,5,8,10,12-13,18,20,25-27,48H,3,6-7,9,11,14-17,19,21-23H2,1H3/t25-,26-,27+,41+/m1/s1. The van der Waals surface area contributed by atoms with Crippen LogP contribution in [0.1, 0.15) is 68.8 Å². The number of nitrogens with zero attached hydrogens (tertiary/aromatic N) is 7. The quantitative estimate of drug-likeness (QED) is 0.128. The van der Waals surface area contributed by atoms with Crippen LogP contribution in [0, 0.1) is 24.0 Å². The Bertz CT molecular complexity index is 2410. The number of alkyl halides is 3. The summed E-state index contributed by atoms with van der Waals surface area (Å²) in [4.78, 5) is 19.4. The number of hydrogen-bond donors (Lipinski definition) is 1. The highest BCUT2D eigenvalue weighted by atomic mass is 19.4. The predicted octanol–water partition coefficient (Wildman–Crippen LogP) is 7.26. The van der Waals surface area contributed by atoms with E-state index in [0.29, 0.717) is 46.2 Å². The van der Waals surface area contributed by atoms with E-state index in [0.717, 1.165) is 64.1 Å². The molecule has 0 aliphatic carbocycles. The number of aryl methyl sites for hydroxylation is 1. The lowest BCUT2D eigenvalue weighted by Crippen LogP contribution is -2.57. The van der Waals surface area contributed by atoms with Crippen LogP contribution in [0.3, 0.4) is 0 Å². The molecule has 7 heterocycles. The molecule has 9 rings (SSSR count). The molecule has 0 radical (unpaired) electrons. The molecule has 1 N–H and O–H groups in total. The molecule has 3 aromatic heterocycles. The number of terminal acetylenes is 1.